The maximum atomic E-state index is 10.5. The minimum absolute atomic E-state index is 0.0666. The van der Waals surface area contributed by atoms with Crippen molar-refractivity contribution < 1.29 is 17.7 Å². The van der Waals surface area contributed by atoms with Gasteiger partial charge in [-0.1, -0.05) is 35.1 Å². The van der Waals surface area contributed by atoms with Gasteiger partial charge in [0.1, 0.15) is 11.3 Å². The Labute approximate surface area is 156 Å². The predicted octanol–water partition coefficient (Wildman–Crippen LogP) is 3.84. The molecule has 1 heterocycles. The third kappa shape index (κ3) is 4.72. The summed E-state index contributed by atoms with van der Waals surface area (Å²) in [4.78, 5) is 0.516. The highest BCUT2D eigenvalue weighted by molar-refractivity contribution is 7.85. The largest absolute Gasteiger partial charge is 0.492 e. The molecule has 0 saturated carbocycles. The number of hydrogen-bond donors (Lipinski definition) is 2. The molecule has 2 N–H and O–H groups in total. The third-order valence-corrected chi connectivity index (χ3v) is 5.45. The number of nitrogens with one attached hydrogen (secondary N) is 1. The number of nitrogens with zero attached hydrogens (tertiary/aromatic N) is 1. The van der Waals surface area contributed by atoms with Gasteiger partial charge in [0.05, 0.1) is 16.2 Å². The highest BCUT2D eigenvalue weighted by Crippen LogP contribution is 2.27. The smallest absolute Gasteiger partial charge is 0.294 e. The molecule has 3 rings (SSSR count). The highest BCUT2D eigenvalue weighted by atomic mass is 32.2. The van der Waals surface area contributed by atoms with Crippen molar-refractivity contribution in [3.8, 4) is 5.75 Å². The van der Waals surface area contributed by atoms with Crippen molar-refractivity contribution in [3.63, 3.8) is 0 Å². The van der Waals surface area contributed by atoms with Crippen LogP contribution in [0, 0.1) is 12.3 Å². The van der Waals surface area contributed by atoms with Gasteiger partial charge < -0.3 is 9.30 Å². The molecule has 0 aliphatic heterocycles. The van der Waals surface area contributed by atoms with E-state index >= 15 is 0 Å². The topological polar surface area (TPSA) is 92.4 Å². The molecular weight excluding hydrogens is 372 g/mol. The van der Waals surface area contributed by atoms with Gasteiger partial charge in [-0.05, 0) is 45.0 Å². The molecule has 0 saturated heterocycles. The fraction of sp³-hybridized carbons (Fsp3) is 0.278. The molecule has 0 spiro atoms. The number of rotatable bonds is 4. The lowest BCUT2D eigenvalue weighted by Gasteiger charge is -2.07. The van der Waals surface area contributed by atoms with Gasteiger partial charge in [0.25, 0.3) is 10.1 Å². The summed E-state index contributed by atoms with van der Waals surface area (Å²) >= 11 is 1.49. The normalized spacial score (nSPS) is 11.1. The molecule has 2 aromatic carbocycles. The van der Waals surface area contributed by atoms with Crippen LogP contribution in [0.2, 0.25) is 0 Å². The summed E-state index contributed by atoms with van der Waals surface area (Å²) in [7, 11) is -4.02. The Balaban J connectivity index is 0.000000197. The van der Waals surface area contributed by atoms with Gasteiger partial charge in [-0.15, -0.1) is 0 Å². The Morgan fingerprint density at radius 2 is 1.81 bits per heavy atom. The second-order valence-corrected chi connectivity index (χ2v) is 7.93. The van der Waals surface area contributed by atoms with Gasteiger partial charge in [-0.25, -0.2) is 0 Å². The lowest BCUT2D eigenvalue weighted by atomic mass is 10.2. The molecule has 0 radical (unpaired) electrons. The molecule has 0 bridgehead atoms. The van der Waals surface area contributed by atoms with Crippen molar-refractivity contribution in [1.29, 1.82) is 5.41 Å². The van der Waals surface area contributed by atoms with Crippen LogP contribution in [0.4, 0.5) is 0 Å². The van der Waals surface area contributed by atoms with E-state index in [2.05, 4.69) is 0 Å². The highest BCUT2D eigenvalue weighted by Gasteiger charge is 2.09. The molecule has 0 aliphatic rings. The molecular formula is C18H22N2O4S2. The molecule has 6 nitrogen and oxygen atoms in total. The summed E-state index contributed by atoms with van der Waals surface area (Å²) in [5.74, 6) is 0.881. The fourth-order valence-corrected chi connectivity index (χ4v) is 3.87. The van der Waals surface area contributed by atoms with Gasteiger partial charge in [0.2, 0.25) is 0 Å². The Hall–Kier alpha value is -2.16. The van der Waals surface area contributed by atoms with Gasteiger partial charge in [0.15, 0.2) is 4.80 Å². The molecule has 0 unspecified atom stereocenters. The van der Waals surface area contributed by atoms with Crippen LogP contribution in [0.25, 0.3) is 10.2 Å². The number of fused-ring (bicyclic) bond motifs is 1. The average Bonchev–Trinajstić information content (AvgIpc) is 2.91. The summed E-state index contributed by atoms with van der Waals surface area (Å²) in [5, 5.41) is 7.85. The van der Waals surface area contributed by atoms with E-state index in [1.165, 1.54) is 23.5 Å². The predicted molar refractivity (Wildman–Crippen MR) is 104 cm³/mol. The second-order valence-electron chi connectivity index (χ2n) is 5.48. The second kappa shape index (κ2) is 8.48. The first-order valence-electron chi connectivity index (χ1n) is 8.11. The summed E-state index contributed by atoms with van der Waals surface area (Å²) in [5.41, 5.74) is 2.01. The van der Waals surface area contributed by atoms with Gasteiger partial charge in [-0.2, -0.15) is 8.42 Å². The van der Waals surface area contributed by atoms with Crippen molar-refractivity contribution in [2.45, 2.75) is 32.2 Å². The molecule has 140 valence electrons. The molecule has 0 atom stereocenters. The zero-order valence-corrected chi connectivity index (χ0v) is 16.5. The number of aryl methyl sites for hydroxylation is 2. The van der Waals surface area contributed by atoms with Crippen molar-refractivity contribution in [3.05, 3.63) is 52.8 Å². The Kier molecular flexibility index (Phi) is 6.57. The standard InChI is InChI=1S/C11H14N2OS.C7H8O3S/c1-3-13-10-8(14-4-2)6-5-7-9(10)15-11(13)12;1-6-2-4-7(5-3-6)11(8,9)10/h5-7,12H,3-4H2,1-2H3;2-5H,1H3,(H,8,9,10). The van der Waals surface area contributed by atoms with Crippen LogP contribution < -0.4 is 9.54 Å². The van der Waals surface area contributed by atoms with Crippen LogP contribution in [0.15, 0.2) is 47.4 Å². The lowest BCUT2D eigenvalue weighted by molar-refractivity contribution is 0.342. The molecule has 1 aromatic heterocycles. The van der Waals surface area contributed by atoms with E-state index in [4.69, 9.17) is 14.7 Å². The van der Waals surface area contributed by atoms with E-state index in [-0.39, 0.29) is 4.90 Å². The molecule has 0 fully saturated rings. The first-order valence-corrected chi connectivity index (χ1v) is 10.4. The van der Waals surface area contributed by atoms with E-state index in [1.54, 1.807) is 12.1 Å². The van der Waals surface area contributed by atoms with E-state index < -0.39 is 10.1 Å². The average molecular weight is 395 g/mol. The molecule has 0 aliphatic carbocycles. The summed E-state index contributed by atoms with van der Waals surface area (Å²) in [6, 6.07) is 12.0. The minimum atomic E-state index is -4.02. The van der Waals surface area contributed by atoms with Gasteiger partial charge in [0, 0.05) is 6.54 Å². The van der Waals surface area contributed by atoms with Crippen molar-refractivity contribution in [2.24, 2.45) is 0 Å². The zero-order chi connectivity index (χ0) is 19.3. The van der Waals surface area contributed by atoms with Crippen LogP contribution in [0.5, 0.6) is 5.75 Å². The molecule has 0 amide bonds. The summed E-state index contributed by atoms with van der Waals surface area (Å²) in [6.07, 6.45) is 0. The van der Waals surface area contributed by atoms with Crippen LogP contribution in [-0.4, -0.2) is 24.1 Å². The fourth-order valence-electron chi connectivity index (χ4n) is 2.40. The SMILES string of the molecule is CCOc1cccc2sc(=N)n(CC)c12.Cc1ccc(S(=O)(=O)O)cc1. The zero-order valence-electron chi connectivity index (χ0n) is 14.9. The summed E-state index contributed by atoms with van der Waals surface area (Å²) in [6.45, 7) is 7.33. The first kappa shape index (κ1) is 20.2. The Bertz CT molecular complexity index is 1040. The van der Waals surface area contributed by atoms with E-state index in [1.807, 2.05) is 43.5 Å². The quantitative estimate of drug-likeness (QED) is 0.658. The van der Waals surface area contributed by atoms with E-state index in [0.29, 0.717) is 11.4 Å². The number of para-hydroxylation sites is 1. The van der Waals surface area contributed by atoms with Gasteiger partial charge in [-0.3, -0.25) is 9.96 Å². The number of benzene rings is 2. The van der Waals surface area contributed by atoms with Crippen LogP contribution in [0.1, 0.15) is 19.4 Å². The number of hydrogen-bond acceptors (Lipinski definition) is 5. The van der Waals surface area contributed by atoms with E-state index in [0.717, 1.165) is 28.1 Å². The van der Waals surface area contributed by atoms with Crippen molar-refractivity contribution in [1.82, 2.24) is 4.57 Å². The minimum Gasteiger partial charge on any atom is -0.492 e. The maximum Gasteiger partial charge on any atom is 0.294 e. The van der Waals surface area contributed by atoms with Crippen LogP contribution >= 0.6 is 11.3 Å². The van der Waals surface area contributed by atoms with E-state index in [9.17, 15) is 8.42 Å². The Morgan fingerprint density at radius 3 is 2.35 bits per heavy atom. The molecule has 3 aromatic rings. The number of thiazole rings is 1. The molecule has 8 heteroatoms. The van der Waals surface area contributed by atoms with Gasteiger partial charge >= 0.3 is 0 Å². The van der Waals surface area contributed by atoms with Crippen molar-refractivity contribution in [2.75, 3.05) is 6.61 Å². The Morgan fingerprint density at radius 1 is 1.15 bits per heavy atom. The monoisotopic (exact) mass is 394 g/mol. The maximum absolute atomic E-state index is 10.5. The van der Waals surface area contributed by atoms with Crippen molar-refractivity contribution >= 4 is 31.7 Å². The van der Waals surface area contributed by atoms with Crippen LogP contribution in [-0.2, 0) is 16.7 Å². The first-order chi connectivity index (χ1) is 12.3. The number of aromatic nitrogens is 1. The van der Waals surface area contributed by atoms with Crippen LogP contribution in [0.3, 0.4) is 0 Å². The third-order valence-electron chi connectivity index (χ3n) is 3.62. The summed E-state index contributed by atoms with van der Waals surface area (Å²) < 4.78 is 38.2. The number of ether oxygens (including phenoxy) is 1. The lowest BCUT2D eigenvalue weighted by Crippen LogP contribution is -2.11. The molecule has 26 heavy (non-hydrogen) atoms.